The molecule has 0 heterocycles. The highest BCUT2D eigenvalue weighted by Gasteiger charge is 2.32. The summed E-state index contributed by atoms with van der Waals surface area (Å²) in [6.07, 6.45) is 2.40. The zero-order valence-electron chi connectivity index (χ0n) is 11.7. The fourth-order valence-corrected chi connectivity index (χ4v) is 2.81. The van der Waals surface area contributed by atoms with E-state index in [4.69, 9.17) is 0 Å². The smallest absolute Gasteiger partial charge is 0.0587 e. The molecule has 1 aliphatic rings. The molecule has 2 heteroatoms. The molecule has 1 aromatic rings. The third kappa shape index (κ3) is 2.93. The summed E-state index contributed by atoms with van der Waals surface area (Å²) in [5.74, 6) is 1.20. The number of aryl methyl sites for hydroxylation is 1. The Morgan fingerprint density at radius 2 is 1.94 bits per heavy atom. The van der Waals surface area contributed by atoms with Gasteiger partial charge in [0.1, 0.15) is 0 Å². The van der Waals surface area contributed by atoms with Gasteiger partial charge in [-0.05, 0) is 42.7 Å². The number of nitrogens with one attached hydrogen (secondary N) is 1. The van der Waals surface area contributed by atoms with Crippen molar-refractivity contribution in [2.75, 3.05) is 6.61 Å². The number of aliphatic hydroxyl groups is 1. The van der Waals surface area contributed by atoms with Gasteiger partial charge < -0.3 is 10.4 Å². The summed E-state index contributed by atoms with van der Waals surface area (Å²) < 4.78 is 0. The molecule has 1 aliphatic carbocycles. The predicted molar refractivity (Wildman–Crippen MR) is 75.8 cm³/mol. The van der Waals surface area contributed by atoms with Gasteiger partial charge in [-0.15, -0.1) is 0 Å². The number of hydrogen-bond acceptors (Lipinski definition) is 2. The van der Waals surface area contributed by atoms with E-state index in [0.717, 1.165) is 0 Å². The van der Waals surface area contributed by atoms with Crippen LogP contribution in [0.15, 0.2) is 24.3 Å². The van der Waals surface area contributed by atoms with Crippen LogP contribution in [0, 0.1) is 12.8 Å². The monoisotopic (exact) mass is 247 g/mol. The topological polar surface area (TPSA) is 32.3 Å². The van der Waals surface area contributed by atoms with Gasteiger partial charge in [0.15, 0.2) is 0 Å². The highest BCUT2D eigenvalue weighted by Crippen LogP contribution is 2.38. The van der Waals surface area contributed by atoms with E-state index in [0.29, 0.717) is 17.9 Å². The lowest BCUT2D eigenvalue weighted by molar-refractivity contribution is 0.169. The van der Waals surface area contributed by atoms with Crippen molar-refractivity contribution in [3.05, 3.63) is 35.4 Å². The molecule has 0 aromatic heterocycles. The van der Waals surface area contributed by atoms with Crippen molar-refractivity contribution < 1.29 is 5.11 Å². The maximum atomic E-state index is 9.33. The highest BCUT2D eigenvalue weighted by molar-refractivity contribution is 5.31. The van der Waals surface area contributed by atoms with Crippen molar-refractivity contribution in [3.8, 4) is 0 Å². The number of aliphatic hydroxyl groups excluding tert-OH is 1. The fourth-order valence-electron chi connectivity index (χ4n) is 2.81. The molecule has 1 saturated carbocycles. The van der Waals surface area contributed by atoms with E-state index in [-0.39, 0.29) is 12.6 Å². The van der Waals surface area contributed by atoms with Crippen LogP contribution in [0.25, 0.3) is 0 Å². The number of hydrogen-bond donors (Lipinski definition) is 2. The van der Waals surface area contributed by atoms with Gasteiger partial charge in [-0.25, -0.2) is 0 Å². The lowest BCUT2D eigenvalue weighted by atomic mass is 9.74. The van der Waals surface area contributed by atoms with Crippen molar-refractivity contribution in [2.24, 2.45) is 5.92 Å². The summed E-state index contributed by atoms with van der Waals surface area (Å²) in [6, 6.07) is 9.51. The van der Waals surface area contributed by atoms with Gasteiger partial charge in [0.25, 0.3) is 0 Å². The molecule has 100 valence electrons. The van der Waals surface area contributed by atoms with E-state index in [9.17, 15) is 5.11 Å². The van der Waals surface area contributed by atoms with E-state index < -0.39 is 0 Å². The Hall–Kier alpha value is -0.860. The molecule has 0 aliphatic heterocycles. The Labute approximate surface area is 110 Å². The minimum Gasteiger partial charge on any atom is -0.395 e. The Kier molecular flexibility index (Phi) is 4.41. The van der Waals surface area contributed by atoms with Gasteiger partial charge in [-0.2, -0.15) is 0 Å². The molecule has 0 saturated heterocycles. The largest absolute Gasteiger partial charge is 0.395 e. The van der Waals surface area contributed by atoms with Gasteiger partial charge in [0.05, 0.1) is 6.61 Å². The molecule has 2 N–H and O–H groups in total. The Bertz CT molecular complexity index is 382. The van der Waals surface area contributed by atoms with E-state index >= 15 is 0 Å². The average Bonchev–Trinajstić information content (AvgIpc) is 2.29. The summed E-state index contributed by atoms with van der Waals surface area (Å²) in [4.78, 5) is 0. The van der Waals surface area contributed by atoms with Gasteiger partial charge in [0.2, 0.25) is 0 Å². The zero-order chi connectivity index (χ0) is 13.1. The first kappa shape index (κ1) is 13.6. The third-order valence-corrected chi connectivity index (χ3v) is 4.22. The molecule has 0 bridgehead atoms. The van der Waals surface area contributed by atoms with Crippen LogP contribution in [0.3, 0.4) is 0 Å². The van der Waals surface area contributed by atoms with E-state index in [1.807, 2.05) is 0 Å². The maximum Gasteiger partial charge on any atom is 0.0587 e. The van der Waals surface area contributed by atoms with Crippen molar-refractivity contribution in [3.63, 3.8) is 0 Å². The molecule has 2 rings (SSSR count). The summed E-state index contributed by atoms with van der Waals surface area (Å²) in [6.45, 7) is 6.75. The summed E-state index contributed by atoms with van der Waals surface area (Å²) in [7, 11) is 0. The molecule has 0 spiro atoms. The first-order chi connectivity index (χ1) is 8.61. The minimum atomic E-state index is 0.239. The first-order valence-electron chi connectivity index (χ1n) is 7.04. The van der Waals surface area contributed by atoms with Gasteiger partial charge in [-0.3, -0.25) is 0 Å². The normalized spacial score (nSPS) is 24.9. The fraction of sp³-hybridized carbons (Fsp3) is 0.625. The van der Waals surface area contributed by atoms with E-state index in [2.05, 4.69) is 50.4 Å². The van der Waals surface area contributed by atoms with Crippen LogP contribution >= 0.6 is 0 Å². The average molecular weight is 247 g/mol. The van der Waals surface area contributed by atoms with Crippen LogP contribution in [0.2, 0.25) is 0 Å². The molecule has 1 atom stereocenters. The highest BCUT2D eigenvalue weighted by atomic mass is 16.3. The molecule has 1 unspecified atom stereocenters. The standard InChI is InChI=1S/C16H25NO/c1-11(2)16(10-18)17-14-8-13(9-14)15-7-5-4-6-12(15)3/h4-7,11,13-14,16-18H,8-10H2,1-3H3. The molecule has 0 amide bonds. The van der Waals surface area contributed by atoms with Crippen LogP contribution in [-0.4, -0.2) is 23.8 Å². The molecule has 1 fully saturated rings. The van der Waals surface area contributed by atoms with Crippen molar-refractivity contribution in [2.45, 2.75) is 51.6 Å². The number of rotatable bonds is 5. The molecular weight excluding hydrogens is 222 g/mol. The van der Waals surface area contributed by atoms with E-state index in [1.54, 1.807) is 0 Å². The second-order valence-electron chi connectivity index (χ2n) is 5.92. The molecule has 18 heavy (non-hydrogen) atoms. The zero-order valence-corrected chi connectivity index (χ0v) is 11.7. The first-order valence-corrected chi connectivity index (χ1v) is 7.04. The van der Waals surface area contributed by atoms with Crippen LogP contribution in [0.4, 0.5) is 0 Å². The third-order valence-electron chi connectivity index (χ3n) is 4.22. The van der Waals surface area contributed by atoms with Crippen LogP contribution in [-0.2, 0) is 0 Å². The van der Waals surface area contributed by atoms with Gasteiger partial charge in [0, 0.05) is 12.1 Å². The van der Waals surface area contributed by atoms with Crippen LogP contribution in [0.5, 0.6) is 0 Å². The van der Waals surface area contributed by atoms with Gasteiger partial charge in [-0.1, -0.05) is 38.1 Å². The molecule has 1 aromatic carbocycles. The summed E-state index contributed by atoms with van der Waals surface area (Å²) in [5, 5.41) is 12.9. The van der Waals surface area contributed by atoms with Crippen LogP contribution < -0.4 is 5.32 Å². The second kappa shape index (κ2) is 5.85. The van der Waals surface area contributed by atoms with Crippen LogP contribution in [0.1, 0.15) is 43.7 Å². The second-order valence-corrected chi connectivity index (χ2v) is 5.92. The molecule has 2 nitrogen and oxygen atoms in total. The van der Waals surface area contributed by atoms with Gasteiger partial charge >= 0.3 is 0 Å². The minimum absolute atomic E-state index is 0.239. The van der Waals surface area contributed by atoms with Crippen molar-refractivity contribution >= 4 is 0 Å². The van der Waals surface area contributed by atoms with Crippen molar-refractivity contribution in [1.82, 2.24) is 5.32 Å². The molecule has 0 radical (unpaired) electrons. The lowest BCUT2D eigenvalue weighted by Gasteiger charge is -2.40. The van der Waals surface area contributed by atoms with Crippen molar-refractivity contribution in [1.29, 1.82) is 0 Å². The summed E-state index contributed by atoms with van der Waals surface area (Å²) in [5.41, 5.74) is 2.91. The Morgan fingerprint density at radius 3 is 2.50 bits per heavy atom. The molecular formula is C16H25NO. The predicted octanol–water partition coefficient (Wildman–Crippen LogP) is 2.85. The SMILES string of the molecule is Cc1ccccc1C1CC(NC(CO)C(C)C)C1. The quantitative estimate of drug-likeness (QED) is 0.838. The maximum absolute atomic E-state index is 9.33. The Morgan fingerprint density at radius 1 is 1.28 bits per heavy atom. The Balaban J connectivity index is 1.86. The van der Waals surface area contributed by atoms with E-state index in [1.165, 1.54) is 24.0 Å². The number of benzene rings is 1. The lowest BCUT2D eigenvalue weighted by Crippen LogP contribution is -2.49. The summed E-state index contributed by atoms with van der Waals surface area (Å²) >= 11 is 0.